The Labute approximate surface area is 173 Å². The molecule has 4 nitrogen and oxygen atoms in total. The molecule has 0 heterocycles. The average Bonchev–Trinajstić information content (AvgIpc) is 2.69. The molecule has 0 aliphatic carbocycles. The molecule has 0 aliphatic heterocycles. The van der Waals surface area contributed by atoms with Gasteiger partial charge in [0.05, 0.1) is 6.42 Å². The Morgan fingerprint density at radius 1 is 1.07 bits per heavy atom. The van der Waals surface area contributed by atoms with E-state index >= 15 is 0 Å². The number of nitrogens with zero attached hydrogens (tertiary/aromatic N) is 1. The van der Waals surface area contributed by atoms with Gasteiger partial charge in [0.15, 0.2) is 0 Å². The van der Waals surface area contributed by atoms with Crippen LogP contribution in [-0.4, -0.2) is 29.3 Å². The van der Waals surface area contributed by atoms with E-state index in [1.807, 2.05) is 52.0 Å². The fourth-order valence-corrected chi connectivity index (χ4v) is 3.14. The first-order chi connectivity index (χ1) is 13.8. The molecule has 0 saturated heterocycles. The third kappa shape index (κ3) is 6.70. The zero-order valence-corrected chi connectivity index (χ0v) is 17.7. The van der Waals surface area contributed by atoms with Crippen LogP contribution in [0.1, 0.15) is 43.9 Å². The van der Waals surface area contributed by atoms with E-state index in [4.69, 9.17) is 0 Å². The maximum Gasteiger partial charge on any atom is 0.242 e. The Balaban J connectivity index is 2.27. The van der Waals surface area contributed by atoms with Gasteiger partial charge in [0.1, 0.15) is 11.9 Å². The molecule has 29 heavy (non-hydrogen) atoms. The molecule has 2 rings (SSSR count). The van der Waals surface area contributed by atoms with Gasteiger partial charge in [-0.3, -0.25) is 9.59 Å². The third-order valence-corrected chi connectivity index (χ3v) is 4.84. The van der Waals surface area contributed by atoms with E-state index < -0.39 is 11.9 Å². The van der Waals surface area contributed by atoms with E-state index in [0.29, 0.717) is 31.0 Å². The summed E-state index contributed by atoms with van der Waals surface area (Å²) in [4.78, 5) is 27.5. The third-order valence-electron chi connectivity index (χ3n) is 4.84. The van der Waals surface area contributed by atoms with Crippen LogP contribution < -0.4 is 5.32 Å². The van der Waals surface area contributed by atoms with Crippen molar-refractivity contribution in [2.24, 2.45) is 5.92 Å². The van der Waals surface area contributed by atoms with Crippen molar-refractivity contribution >= 4 is 11.8 Å². The Morgan fingerprint density at radius 2 is 1.72 bits per heavy atom. The second kappa shape index (κ2) is 10.7. The molecule has 0 saturated carbocycles. The predicted molar refractivity (Wildman–Crippen MR) is 114 cm³/mol. The van der Waals surface area contributed by atoms with Gasteiger partial charge in [0.25, 0.3) is 0 Å². The summed E-state index contributed by atoms with van der Waals surface area (Å²) in [5.41, 5.74) is 2.40. The summed E-state index contributed by atoms with van der Waals surface area (Å²) < 4.78 is 14.1. The summed E-state index contributed by atoms with van der Waals surface area (Å²) >= 11 is 0. The summed E-state index contributed by atoms with van der Waals surface area (Å²) in [5.74, 6) is -0.526. The molecule has 0 radical (unpaired) electrons. The monoisotopic (exact) mass is 398 g/mol. The first-order valence-corrected chi connectivity index (χ1v) is 10.2. The number of carbonyl (C=O) groups is 2. The van der Waals surface area contributed by atoms with Crippen molar-refractivity contribution in [3.8, 4) is 0 Å². The lowest BCUT2D eigenvalue weighted by molar-refractivity contribution is -0.141. The predicted octanol–water partition coefficient (Wildman–Crippen LogP) is 4.26. The van der Waals surface area contributed by atoms with Gasteiger partial charge >= 0.3 is 0 Å². The molecule has 0 bridgehead atoms. The second-order valence-electron chi connectivity index (χ2n) is 7.84. The average molecular weight is 399 g/mol. The molecular weight excluding hydrogens is 367 g/mol. The lowest BCUT2D eigenvalue weighted by Gasteiger charge is -2.31. The molecule has 5 heteroatoms. The van der Waals surface area contributed by atoms with E-state index in [1.165, 1.54) is 6.07 Å². The van der Waals surface area contributed by atoms with Crippen LogP contribution in [0.2, 0.25) is 0 Å². The fourth-order valence-electron chi connectivity index (χ4n) is 3.14. The maximum atomic E-state index is 14.1. The molecule has 0 aromatic heterocycles. The van der Waals surface area contributed by atoms with Crippen LogP contribution in [0.3, 0.4) is 0 Å². The lowest BCUT2D eigenvalue weighted by Crippen LogP contribution is -2.50. The zero-order valence-electron chi connectivity index (χ0n) is 17.7. The highest BCUT2D eigenvalue weighted by atomic mass is 19.1. The molecule has 0 fully saturated rings. The van der Waals surface area contributed by atoms with Crippen molar-refractivity contribution in [1.82, 2.24) is 10.2 Å². The Morgan fingerprint density at radius 3 is 2.31 bits per heavy atom. The van der Waals surface area contributed by atoms with Gasteiger partial charge in [-0.25, -0.2) is 4.39 Å². The molecule has 2 aromatic rings. The van der Waals surface area contributed by atoms with Crippen molar-refractivity contribution < 1.29 is 14.0 Å². The number of amides is 2. The van der Waals surface area contributed by atoms with Crippen molar-refractivity contribution in [3.05, 3.63) is 71.0 Å². The van der Waals surface area contributed by atoms with Crippen LogP contribution in [0.25, 0.3) is 0 Å². The summed E-state index contributed by atoms with van der Waals surface area (Å²) in [6, 6.07) is 13.5. The summed E-state index contributed by atoms with van der Waals surface area (Å²) in [6.45, 7) is 8.79. The number of benzene rings is 2. The summed E-state index contributed by atoms with van der Waals surface area (Å²) in [7, 11) is 0. The standard InChI is InChI=1S/C24H31FN2O2/c1-5-22(24(29)26-15-17(2)3)27(16-19-12-10-18(4)11-13-19)23(28)14-20-8-6-7-9-21(20)25/h6-13,17,22H,5,14-16H2,1-4H3,(H,26,29). The molecular formula is C24H31FN2O2. The molecule has 0 aliphatic rings. The normalized spacial score (nSPS) is 11.9. The largest absolute Gasteiger partial charge is 0.354 e. The van der Waals surface area contributed by atoms with Crippen molar-refractivity contribution in [2.45, 2.75) is 53.1 Å². The Bertz CT molecular complexity index is 818. The quantitative estimate of drug-likeness (QED) is 0.686. The van der Waals surface area contributed by atoms with Crippen LogP contribution in [0.5, 0.6) is 0 Å². The van der Waals surface area contributed by atoms with E-state index in [9.17, 15) is 14.0 Å². The molecule has 1 N–H and O–H groups in total. The number of hydrogen-bond acceptors (Lipinski definition) is 2. The Hall–Kier alpha value is -2.69. The summed E-state index contributed by atoms with van der Waals surface area (Å²) in [5, 5.41) is 2.93. The van der Waals surface area contributed by atoms with Crippen molar-refractivity contribution in [1.29, 1.82) is 0 Å². The highest BCUT2D eigenvalue weighted by molar-refractivity contribution is 5.88. The van der Waals surface area contributed by atoms with Crippen LogP contribution in [0.15, 0.2) is 48.5 Å². The summed E-state index contributed by atoms with van der Waals surface area (Å²) in [6.07, 6.45) is 0.408. The van der Waals surface area contributed by atoms with E-state index in [0.717, 1.165) is 11.1 Å². The van der Waals surface area contributed by atoms with Gasteiger partial charge in [-0.1, -0.05) is 68.8 Å². The minimum Gasteiger partial charge on any atom is -0.354 e. The van der Waals surface area contributed by atoms with Crippen LogP contribution in [0.4, 0.5) is 4.39 Å². The topological polar surface area (TPSA) is 49.4 Å². The number of aryl methyl sites for hydroxylation is 1. The number of halogens is 1. The van der Waals surface area contributed by atoms with E-state index in [1.54, 1.807) is 23.1 Å². The molecule has 0 spiro atoms. The van der Waals surface area contributed by atoms with Crippen LogP contribution >= 0.6 is 0 Å². The molecule has 2 amide bonds. The van der Waals surface area contributed by atoms with Gasteiger partial charge < -0.3 is 10.2 Å². The smallest absolute Gasteiger partial charge is 0.242 e. The molecule has 156 valence electrons. The zero-order chi connectivity index (χ0) is 21.4. The van der Waals surface area contributed by atoms with E-state index in [2.05, 4.69) is 5.32 Å². The highest BCUT2D eigenvalue weighted by Gasteiger charge is 2.29. The van der Waals surface area contributed by atoms with Crippen LogP contribution in [-0.2, 0) is 22.6 Å². The SMILES string of the molecule is CCC(C(=O)NCC(C)C)N(Cc1ccc(C)cc1)C(=O)Cc1ccccc1F. The minimum absolute atomic E-state index is 0.0769. The lowest BCUT2D eigenvalue weighted by atomic mass is 10.1. The second-order valence-corrected chi connectivity index (χ2v) is 7.84. The van der Waals surface area contributed by atoms with Gasteiger partial charge in [0, 0.05) is 13.1 Å². The first-order valence-electron chi connectivity index (χ1n) is 10.2. The van der Waals surface area contributed by atoms with Crippen molar-refractivity contribution in [3.63, 3.8) is 0 Å². The fraction of sp³-hybridized carbons (Fsp3) is 0.417. The number of nitrogens with one attached hydrogen (secondary N) is 1. The first kappa shape index (κ1) is 22.6. The van der Waals surface area contributed by atoms with Gasteiger partial charge in [-0.05, 0) is 36.5 Å². The minimum atomic E-state index is -0.602. The molecule has 2 aromatic carbocycles. The van der Waals surface area contributed by atoms with Gasteiger partial charge in [0.2, 0.25) is 11.8 Å². The Kier molecular flexibility index (Phi) is 8.37. The highest BCUT2D eigenvalue weighted by Crippen LogP contribution is 2.16. The van der Waals surface area contributed by atoms with Crippen molar-refractivity contribution in [2.75, 3.05) is 6.54 Å². The van der Waals surface area contributed by atoms with E-state index in [-0.39, 0.29) is 18.2 Å². The number of carbonyl (C=O) groups excluding carboxylic acids is 2. The molecule has 1 atom stereocenters. The van der Waals surface area contributed by atoms with Gasteiger partial charge in [-0.15, -0.1) is 0 Å². The molecule has 1 unspecified atom stereocenters. The maximum absolute atomic E-state index is 14.1. The van der Waals surface area contributed by atoms with Gasteiger partial charge in [-0.2, -0.15) is 0 Å². The number of hydrogen-bond donors (Lipinski definition) is 1. The van der Waals surface area contributed by atoms with Crippen LogP contribution in [0, 0.1) is 18.7 Å². The number of rotatable bonds is 9.